The Bertz CT molecular complexity index is 598. The van der Waals surface area contributed by atoms with Gasteiger partial charge in [-0.25, -0.2) is 9.97 Å². The molecule has 0 bridgehead atoms. The van der Waals surface area contributed by atoms with Crippen molar-refractivity contribution in [1.82, 2.24) is 15.3 Å². The van der Waals surface area contributed by atoms with Crippen LogP contribution >= 0.6 is 0 Å². The predicted octanol–water partition coefficient (Wildman–Crippen LogP) is 3.52. The van der Waals surface area contributed by atoms with Crippen LogP contribution in [-0.4, -0.2) is 23.1 Å². The van der Waals surface area contributed by atoms with Gasteiger partial charge in [0, 0.05) is 23.5 Å². The van der Waals surface area contributed by atoms with Gasteiger partial charge in [-0.3, -0.25) is 0 Å². The molecule has 1 N–H and O–H groups in total. The van der Waals surface area contributed by atoms with Crippen LogP contribution in [0.4, 0.5) is 0 Å². The average molecular weight is 285 g/mol. The lowest BCUT2D eigenvalue weighted by Gasteiger charge is -2.15. The van der Waals surface area contributed by atoms with Crippen LogP contribution in [0.3, 0.4) is 0 Å². The quantitative estimate of drug-likeness (QED) is 0.882. The van der Waals surface area contributed by atoms with Crippen molar-refractivity contribution in [3.8, 4) is 17.1 Å². The number of benzene rings is 1. The van der Waals surface area contributed by atoms with E-state index in [0.717, 1.165) is 29.1 Å². The van der Waals surface area contributed by atoms with Gasteiger partial charge < -0.3 is 10.1 Å². The Balaban J connectivity index is 2.36. The molecule has 112 valence electrons. The molecule has 0 saturated heterocycles. The van der Waals surface area contributed by atoms with Gasteiger partial charge in [0.1, 0.15) is 5.75 Å². The molecule has 0 fully saturated rings. The van der Waals surface area contributed by atoms with Crippen molar-refractivity contribution in [1.29, 1.82) is 0 Å². The molecule has 1 aromatic carbocycles. The summed E-state index contributed by atoms with van der Waals surface area (Å²) in [5.41, 5.74) is 3.07. The number of para-hydroxylation sites is 1. The van der Waals surface area contributed by atoms with Gasteiger partial charge in [0.25, 0.3) is 0 Å². The number of nitrogens with zero attached hydrogens (tertiary/aromatic N) is 2. The minimum Gasteiger partial charge on any atom is -0.493 e. The molecule has 21 heavy (non-hydrogen) atoms. The Morgan fingerprint density at radius 2 is 2.00 bits per heavy atom. The van der Waals surface area contributed by atoms with Crippen molar-refractivity contribution in [3.05, 3.63) is 41.7 Å². The molecule has 1 atom stereocenters. The monoisotopic (exact) mass is 285 g/mol. The van der Waals surface area contributed by atoms with Crippen molar-refractivity contribution in [2.45, 2.75) is 33.7 Å². The molecule has 0 aliphatic rings. The maximum absolute atomic E-state index is 5.66. The van der Waals surface area contributed by atoms with E-state index < -0.39 is 0 Å². The van der Waals surface area contributed by atoms with Crippen LogP contribution in [0.25, 0.3) is 11.4 Å². The van der Waals surface area contributed by atoms with E-state index >= 15 is 0 Å². The van der Waals surface area contributed by atoms with Crippen LogP contribution in [0, 0.1) is 6.92 Å². The smallest absolute Gasteiger partial charge is 0.163 e. The molecule has 4 heteroatoms. The van der Waals surface area contributed by atoms with Gasteiger partial charge in [-0.05, 0) is 39.4 Å². The van der Waals surface area contributed by atoms with E-state index in [-0.39, 0.29) is 6.04 Å². The first kappa shape index (κ1) is 15.4. The highest BCUT2D eigenvalue weighted by Crippen LogP contribution is 2.28. The molecule has 0 saturated carbocycles. The molecule has 0 amide bonds. The summed E-state index contributed by atoms with van der Waals surface area (Å²) in [6.07, 6.45) is 1.91. The first-order valence-corrected chi connectivity index (χ1v) is 7.46. The first-order chi connectivity index (χ1) is 10.2. The summed E-state index contributed by atoms with van der Waals surface area (Å²) in [7, 11) is 0. The molecule has 1 aromatic heterocycles. The predicted molar refractivity (Wildman–Crippen MR) is 85.5 cm³/mol. The first-order valence-electron chi connectivity index (χ1n) is 7.46. The van der Waals surface area contributed by atoms with Crippen LogP contribution in [0.1, 0.15) is 38.1 Å². The van der Waals surface area contributed by atoms with Gasteiger partial charge in [-0.15, -0.1) is 0 Å². The highest BCUT2D eigenvalue weighted by Gasteiger charge is 2.13. The van der Waals surface area contributed by atoms with Crippen molar-refractivity contribution in [2.75, 3.05) is 13.2 Å². The van der Waals surface area contributed by atoms with E-state index in [1.807, 2.05) is 44.3 Å². The summed E-state index contributed by atoms with van der Waals surface area (Å²) in [6.45, 7) is 9.78. The summed E-state index contributed by atoms with van der Waals surface area (Å²) < 4.78 is 5.66. The van der Waals surface area contributed by atoms with Gasteiger partial charge in [-0.1, -0.05) is 19.1 Å². The number of aryl methyl sites for hydroxylation is 1. The van der Waals surface area contributed by atoms with Crippen molar-refractivity contribution < 1.29 is 4.74 Å². The Kier molecular flexibility index (Phi) is 5.28. The number of hydrogen-bond acceptors (Lipinski definition) is 4. The molecule has 2 rings (SSSR count). The largest absolute Gasteiger partial charge is 0.493 e. The Labute approximate surface area is 126 Å². The molecule has 0 radical (unpaired) electrons. The number of aromatic nitrogens is 2. The zero-order valence-corrected chi connectivity index (χ0v) is 13.2. The normalized spacial score (nSPS) is 12.2. The molecule has 0 aliphatic carbocycles. The van der Waals surface area contributed by atoms with Gasteiger partial charge in [0.2, 0.25) is 0 Å². The van der Waals surface area contributed by atoms with E-state index in [2.05, 4.69) is 29.1 Å². The Morgan fingerprint density at radius 3 is 2.67 bits per heavy atom. The molecule has 1 unspecified atom stereocenters. The third-order valence-electron chi connectivity index (χ3n) is 3.42. The summed E-state index contributed by atoms with van der Waals surface area (Å²) in [5, 5.41) is 3.39. The van der Waals surface area contributed by atoms with Gasteiger partial charge in [-0.2, -0.15) is 0 Å². The van der Waals surface area contributed by atoms with Crippen LogP contribution in [0.5, 0.6) is 5.75 Å². The van der Waals surface area contributed by atoms with Crippen LogP contribution in [-0.2, 0) is 0 Å². The fraction of sp³-hybridized carbons (Fsp3) is 0.412. The maximum atomic E-state index is 5.66. The minimum absolute atomic E-state index is 0.256. The summed E-state index contributed by atoms with van der Waals surface area (Å²) in [4.78, 5) is 9.18. The fourth-order valence-electron chi connectivity index (χ4n) is 2.38. The topological polar surface area (TPSA) is 47.0 Å². The van der Waals surface area contributed by atoms with E-state index in [0.29, 0.717) is 12.4 Å². The maximum Gasteiger partial charge on any atom is 0.163 e. The number of nitrogens with one attached hydrogen (secondary N) is 1. The molecule has 0 spiro atoms. The molecule has 1 heterocycles. The van der Waals surface area contributed by atoms with Gasteiger partial charge in [0.05, 0.1) is 12.2 Å². The second-order valence-electron chi connectivity index (χ2n) is 4.94. The fourth-order valence-corrected chi connectivity index (χ4v) is 2.38. The SMILES string of the molecule is CCNC(C)c1cnc(-c2ccccc2OCC)nc1C. The van der Waals surface area contributed by atoms with Crippen LogP contribution < -0.4 is 10.1 Å². The Morgan fingerprint density at radius 1 is 1.24 bits per heavy atom. The standard InChI is InChI=1S/C17H23N3O/c1-5-18-12(3)15-11-19-17(20-13(15)4)14-9-7-8-10-16(14)21-6-2/h7-12,18H,5-6H2,1-4H3. The lowest BCUT2D eigenvalue weighted by atomic mass is 10.1. The number of ether oxygens (including phenoxy) is 1. The minimum atomic E-state index is 0.256. The summed E-state index contributed by atoms with van der Waals surface area (Å²) in [6, 6.07) is 8.14. The lowest BCUT2D eigenvalue weighted by molar-refractivity contribution is 0.341. The van der Waals surface area contributed by atoms with Crippen molar-refractivity contribution in [3.63, 3.8) is 0 Å². The van der Waals surface area contributed by atoms with Gasteiger partial charge in [0.15, 0.2) is 5.82 Å². The van der Waals surface area contributed by atoms with Crippen LogP contribution in [0.2, 0.25) is 0 Å². The molecule has 4 nitrogen and oxygen atoms in total. The molecular weight excluding hydrogens is 262 g/mol. The zero-order valence-electron chi connectivity index (χ0n) is 13.2. The summed E-state index contributed by atoms with van der Waals surface area (Å²) in [5.74, 6) is 1.54. The molecule has 0 aliphatic heterocycles. The molecule has 2 aromatic rings. The highest BCUT2D eigenvalue weighted by molar-refractivity contribution is 5.64. The second kappa shape index (κ2) is 7.18. The highest BCUT2D eigenvalue weighted by atomic mass is 16.5. The molecular formula is C17H23N3O. The van der Waals surface area contributed by atoms with Crippen molar-refractivity contribution >= 4 is 0 Å². The summed E-state index contributed by atoms with van der Waals surface area (Å²) >= 11 is 0. The number of hydrogen-bond donors (Lipinski definition) is 1. The lowest BCUT2D eigenvalue weighted by Crippen LogP contribution is -2.19. The Hall–Kier alpha value is -1.94. The second-order valence-corrected chi connectivity index (χ2v) is 4.94. The third-order valence-corrected chi connectivity index (χ3v) is 3.42. The number of rotatable bonds is 6. The van der Waals surface area contributed by atoms with E-state index in [9.17, 15) is 0 Å². The zero-order chi connectivity index (χ0) is 15.2. The van der Waals surface area contributed by atoms with E-state index in [1.165, 1.54) is 0 Å². The van der Waals surface area contributed by atoms with Crippen molar-refractivity contribution in [2.24, 2.45) is 0 Å². The third kappa shape index (κ3) is 3.58. The van der Waals surface area contributed by atoms with E-state index in [1.54, 1.807) is 0 Å². The van der Waals surface area contributed by atoms with E-state index in [4.69, 9.17) is 4.74 Å². The van der Waals surface area contributed by atoms with Crippen LogP contribution in [0.15, 0.2) is 30.5 Å². The van der Waals surface area contributed by atoms with Gasteiger partial charge >= 0.3 is 0 Å². The average Bonchev–Trinajstić information content (AvgIpc) is 2.48.